The third-order valence-electron chi connectivity index (χ3n) is 5.40. The van der Waals surface area contributed by atoms with Crippen molar-refractivity contribution in [2.24, 2.45) is 11.8 Å². The van der Waals surface area contributed by atoms with Crippen LogP contribution >= 0.6 is 0 Å². The van der Waals surface area contributed by atoms with Crippen LogP contribution in [0.3, 0.4) is 0 Å². The van der Waals surface area contributed by atoms with Crippen molar-refractivity contribution in [2.75, 3.05) is 53.5 Å². The van der Waals surface area contributed by atoms with E-state index in [1.807, 2.05) is 0 Å². The highest BCUT2D eigenvalue weighted by Gasteiger charge is 2.44. The van der Waals surface area contributed by atoms with Crippen molar-refractivity contribution >= 4 is 11.8 Å². The fourth-order valence-electron chi connectivity index (χ4n) is 3.95. The van der Waals surface area contributed by atoms with Gasteiger partial charge in [-0.3, -0.25) is 14.5 Å². The van der Waals surface area contributed by atoms with E-state index < -0.39 is 0 Å². The predicted octanol–water partition coefficient (Wildman–Crippen LogP) is 0.0339. The van der Waals surface area contributed by atoms with Gasteiger partial charge in [-0.15, -0.1) is 0 Å². The van der Waals surface area contributed by atoms with Gasteiger partial charge in [0.25, 0.3) is 0 Å². The average molecular weight is 309 g/mol. The van der Waals surface area contributed by atoms with Gasteiger partial charge >= 0.3 is 0 Å². The van der Waals surface area contributed by atoms with Crippen LogP contribution in [0.5, 0.6) is 0 Å². The SMILES string of the molecule is CN(C)C(=O)CN1CC[C@H]2CN(C3CCOCC3)C[C@@H]2C1=O. The molecule has 3 fully saturated rings. The molecule has 0 aromatic rings. The molecule has 0 unspecified atom stereocenters. The van der Waals surface area contributed by atoms with Crippen molar-refractivity contribution < 1.29 is 14.3 Å². The van der Waals surface area contributed by atoms with Gasteiger partial charge in [0, 0.05) is 53.0 Å². The van der Waals surface area contributed by atoms with Crippen molar-refractivity contribution in [2.45, 2.75) is 25.3 Å². The number of carbonyl (C=O) groups is 2. The third kappa shape index (κ3) is 3.13. The Kier molecular flexibility index (Phi) is 4.68. The van der Waals surface area contributed by atoms with Crippen LogP contribution in [0.15, 0.2) is 0 Å². The van der Waals surface area contributed by atoms with Crippen LogP contribution in [0.4, 0.5) is 0 Å². The van der Waals surface area contributed by atoms with Gasteiger partial charge in [-0.2, -0.15) is 0 Å². The van der Waals surface area contributed by atoms with Gasteiger partial charge in [-0.25, -0.2) is 0 Å². The summed E-state index contributed by atoms with van der Waals surface area (Å²) in [4.78, 5) is 30.4. The molecule has 0 saturated carbocycles. The summed E-state index contributed by atoms with van der Waals surface area (Å²) in [6.45, 7) is 4.53. The molecule has 124 valence electrons. The first kappa shape index (κ1) is 15.7. The molecule has 3 aliphatic rings. The number of hydrogen-bond acceptors (Lipinski definition) is 4. The molecule has 2 atom stereocenters. The van der Waals surface area contributed by atoms with E-state index in [0.717, 1.165) is 52.1 Å². The van der Waals surface area contributed by atoms with Crippen LogP contribution in [0.2, 0.25) is 0 Å². The van der Waals surface area contributed by atoms with Gasteiger partial charge in [0.2, 0.25) is 11.8 Å². The summed E-state index contributed by atoms with van der Waals surface area (Å²) >= 11 is 0. The predicted molar refractivity (Wildman–Crippen MR) is 82.3 cm³/mol. The van der Waals surface area contributed by atoms with Crippen LogP contribution in [-0.4, -0.2) is 86.0 Å². The lowest BCUT2D eigenvalue weighted by atomic mass is 9.88. The zero-order valence-corrected chi connectivity index (χ0v) is 13.7. The second-order valence-corrected chi connectivity index (χ2v) is 7.00. The summed E-state index contributed by atoms with van der Waals surface area (Å²) in [7, 11) is 3.48. The maximum absolute atomic E-state index is 12.7. The minimum absolute atomic E-state index is 0.00563. The molecule has 2 amide bonds. The van der Waals surface area contributed by atoms with E-state index in [1.54, 1.807) is 23.9 Å². The largest absolute Gasteiger partial charge is 0.381 e. The number of nitrogens with zero attached hydrogens (tertiary/aromatic N) is 3. The lowest BCUT2D eigenvalue weighted by molar-refractivity contribution is -0.145. The minimum Gasteiger partial charge on any atom is -0.381 e. The number of rotatable bonds is 3. The summed E-state index contributed by atoms with van der Waals surface area (Å²) < 4.78 is 5.44. The second-order valence-electron chi connectivity index (χ2n) is 7.00. The molecule has 3 aliphatic heterocycles. The number of carbonyl (C=O) groups excluding carboxylic acids is 2. The first-order valence-electron chi connectivity index (χ1n) is 8.37. The number of hydrogen-bond donors (Lipinski definition) is 0. The van der Waals surface area contributed by atoms with Crippen LogP contribution in [0.1, 0.15) is 19.3 Å². The van der Waals surface area contributed by atoms with E-state index in [2.05, 4.69) is 4.90 Å². The van der Waals surface area contributed by atoms with E-state index in [-0.39, 0.29) is 24.3 Å². The third-order valence-corrected chi connectivity index (χ3v) is 5.40. The normalized spacial score (nSPS) is 30.5. The Morgan fingerprint density at radius 2 is 1.95 bits per heavy atom. The van der Waals surface area contributed by atoms with Crippen molar-refractivity contribution in [3.63, 3.8) is 0 Å². The molecule has 0 aromatic heterocycles. The highest BCUT2D eigenvalue weighted by molar-refractivity contribution is 5.86. The maximum Gasteiger partial charge on any atom is 0.241 e. The Hall–Kier alpha value is -1.14. The smallest absolute Gasteiger partial charge is 0.241 e. The number of likely N-dealkylation sites (N-methyl/N-ethyl adjacent to an activating group) is 1. The molecule has 0 aliphatic carbocycles. The molecule has 6 nitrogen and oxygen atoms in total. The molecule has 3 saturated heterocycles. The molecule has 3 rings (SSSR count). The van der Waals surface area contributed by atoms with Gasteiger partial charge in [0.15, 0.2) is 0 Å². The van der Waals surface area contributed by atoms with Crippen molar-refractivity contribution in [3.8, 4) is 0 Å². The highest BCUT2D eigenvalue weighted by atomic mass is 16.5. The quantitative estimate of drug-likeness (QED) is 0.738. The molecular formula is C16H27N3O3. The van der Waals surface area contributed by atoms with Gasteiger partial charge < -0.3 is 14.5 Å². The Labute approximate surface area is 132 Å². The van der Waals surface area contributed by atoms with Crippen LogP contribution in [0, 0.1) is 11.8 Å². The summed E-state index contributed by atoms with van der Waals surface area (Å²) in [5.41, 5.74) is 0. The first-order chi connectivity index (χ1) is 10.6. The lowest BCUT2D eigenvalue weighted by Crippen LogP contribution is -2.49. The zero-order chi connectivity index (χ0) is 15.7. The van der Waals surface area contributed by atoms with Gasteiger partial charge in [-0.1, -0.05) is 0 Å². The summed E-state index contributed by atoms with van der Waals surface area (Å²) in [5.74, 6) is 0.750. The molecule has 0 radical (unpaired) electrons. The second kappa shape index (κ2) is 6.54. The van der Waals surface area contributed by atoms with E-state index in [1.165, 1.54) is 0 Å². The highest BCUT2D eigenvalue weighted by Crippen LogP contribution is 2.34. The maximum atomic E-state index is 12.7. The Balaban J connectivity index is 1.59. The summed E-state index contributed by atoms with van der Waals surface area (Å²) in [6.07, 6.45) is 3.18. The fourth-order valence-corrected chi connectivity index (χ4v) is 3.95. The Morgan fingerprint density at radius 3 is 2.64 bits per heavy atom. The minimum atomic E-state index is 0.00563. The van der Waals surface area contributed by atoms with Crippen LogP contribution in [0.25, 0.3) is 0 Å². The van der Waals surface area contributed by atoms with E-state index in [9.17, 15) is 9.59 Å². The van der Waals surface area contributed by atoms with Crippen molar-refractivity contribution in [3.05, 3.63) is 0 Å². The van der Waals surface area contributed by atoms with Gasteiger partial charge in [-0.05, 0) is 25.2 Å². The van der Waals surface area contributed by atoms with E-state index in [4.69, 9.17) is 4.74 Å². The molecular weight excluding hydrogens is 282 g/mol. The topological polar surface area (TPSA) is 53.1 Å². The standard InChI is InChI=1S/C16H27N3O3/c1-17(2)15(20)11-18-6-3-12-9-19(10-14(12)16(18)21)13-4-7-22-8-5-13/h12-14H,3-11H2,1-2H3/t12-,14-/m0/s1. The average Bonchev–Trinajstić information content (AvgIpc) is 2.96. The number of piperidine rings is 1. The lowest BCUT2D eigenvalue weighted by Gasteiger charge is -2.34. The summed E-state index contributed by atoms with van der Waals surface area (Å²) in [5, 5.41) is 0. The number of ether oxygens (including phenoxy) is 1. The van der Waals surface area contributed by atoms with E-state index >= 15 is 0 Å². The number of likely N-dealkylation sites (tertiary alicyclic amines) is 2. The molecule has 0 N–H and O–H groups in total. The number of fused-ring (bicyclic) bond motifs is 1. The zero-order valence-electron chi connectivity index (χ0n) is 13.7. The monoisotopic (exact) mass is 309 g/mol. The molecule has 0 bridgehead atoms. The Morgan fingerprint density at radius 1 is 1.23 bits per heavy atom. The van der Waals surface area contributed by atoms with Crippen molar-refractivity contribution in [1.29, 1.82) is 0 Å². The molecule has 0 spiro atoms. The Bertz CT molecular complexity index is 434. The fraction of sp³-hybridized carbons (Fsp3) is 0.875. The molecule has 6 heteroatoms. The molecule has 0 aromatic carbocycles. The summed E-state index contributed by atoms with van der Waals surface area (Å²) in [6, 6.07) is 0.573. The van der Waals surface area contributed by atoms with Crippen molar-refractivity contribution in [1.82, 2.24) is 14.7 Å². The molecule has 22 heavy (non-hydrogen) atoms. The first-order valence-corrected chi connectivity index (χ1v) is 8.37. The van der Waals surface area contributed by atoms with Gasteiger partial charge in [0.05, 0.1) is 12.5 Å². The van der Waals surface area contributed by atoms with Crippen LogP contribution < -0.4 is 0 Å². The molecule has 3 heterocycles. The number of amides is 2. The van der Waals surface area contributed by atoms with Gasteiger partial charge in [0.1, 0.15) is 0 Å². The van der Waals surface area contributed by atoms with E-state index in [0.29, 0.717) is 12.0 Å². The van der Waals surface area contributed by atoms with Crippen LogP contribution in [-0.2, 0) is 14.3 Å².